The maximum Gasteiger partial charge on any atom is 0.242 e. The van der Waals surface area contributed by atoms with Crippen LogP contribution in [0.4, 0.5) is 0 Å². The highest BCUT2D eigenvalue weighted by atomic mass is 32.2. The number of hydrogen-bond acceptors (Lipinski definition) is 3. The summed E-state index contributed by atoms with van der Waals surface area (Å²) in [5, 5.41) is 0. The van der Waals surface area contributed by atoms with Crippen LogP contribution < -0.4 is 0 Å². The van der Waals surface area contributed by atoms with Gasteiger partial charge in [0.05, 0.1) is 12.9 Å². The first-order chi connectivity index (χ1) is 8.54. The maximum atomic E-state index is 11.9. The lowest BCUT2D eigenvalue weighted by atomic mass is 10.4. The Morgan fingerprint density at radius 2 is 2.00 bits per heavy atom. The van der Waals surface area contributed by atoms with E-state index in [0.29, 0.717) is 6.54 Å². The molecule has 5 heteroatoms. The van der Waals surface area contributed by atoms with E-state index in [4.69, 9.17) is 0 Å². The molecule has 18 heavy (non-hydrogen) atoms. The Labute approximate surface area is 114 Å². The monoisotopic (exact) mass is 269 g/mol. The number of rotatable bonds is 5. The van der Waals surface area contributed by atoms with Gasteiger partial charge >= 0.3 is 0 Å². The molecule has 1 fully saturated rings. The van der Waals surface area contributed by atoms with E-state index in [2.05, 4.69) is 4.99 Å². The first-order valence-electron chi connectivity index (χ1n) is 6.28. The van der Waals surface area contributed by atoms with Crippen molar-refractivity contribution in [1.82, 2.24) is 9.80 Å². The summed E-state index contributed by atoms with van der Waals surface area (Å²) in [5.41, 5.74) is 1.00. The Balaban J connectivity index is 2.43. The molecule has 0 bridgehead atoms. The zero-order valence-corrected chi connectivity index (χ0v) is 12.6. The number of carbonyl (C=O) groups excluding carboxylic acids is 1. The van der Waals surface area contributed by atoms with Gasteiger partial charge in [-0.2, -0.15) is 0 Å². The van der Waals surface area contributed by atoms with Crippen molar-refractivity contribution in [2.75, 3.05) is 32.9 Å². The van der Waals surface area contributed by atoms with Gasteiger partial charge in [0.1, 0.15) is 0 Å². The summed E-state index contributed by atoms with van der Waals surface area (Å²) in [6.07, 6.45) is 6.05. The lowest BCUT2D eigenvalue weighted by Gasteiger charge is -2.19. The first kappa shape index (κ1) is 15.1. The summed E-state index contributed by atoms with van der Waals surface area (Å²) in [6.45, 7) is 6.27. The highest BCUT2D eigenvalue weighted by Crippen LogP contribution is 2.15. The fourth-order valence-corrected chi connectivity index (χ4v) is 2.09. The number of allylic oxidation sites excluding steroid dienone is 2. The molecule has 0 spiro atoms. The van der Waals surface area contributed by atoms with Crippen LogP contribution in [0.25, 0.3) is 0 Å². The third kappa shape index (κ3) is 4.72. The summed E-state index contributed by atoms with van der Waals surface area (Å²) >= 11 is 1.69. The Morgan fingerprint density at radius 3 is 2.56 bits per heavy atom. The topological polar surface area (TPSA) is 35.9 Å². The SMILES string of the molecule is CS/C(C)=C(\C)N=CN(C)CC(=O)N1CCCC1. The molecule has 0 saturated carbocycles. The van der Waals surface area contributed by atoms with Gasteiger partial charge in [0.2, 0.25) is 5.91 Å². The number of carbonyl (C=O) groups is 1. The molecule has 1 saturated heterocycles. The number of likely N-dealkylation sites (N-methyl/N-ethyl adjacent to an activating group) is 1. The van der Waals surface area contributed by atoms with Crippen LogP contribution in [0.5, 0.6) is 0 Å². The maximum absolute atomic E-state index is 11.9. The second-order valence-electron chi connectivity index (χ2n) is 4.59. The summed E-state index contributed by atoms with van der Waals surface area (Å²) in [4.78, 5) is 21.2. The van der Waals surface area contributed by atoms with E-state index in [1.807, 2.05) is 37.0 Å². The van der Waals surface area contributed by atoms with E-state index in [0.717, 1.165) is 31.6 Å². The molecular weight excluding hydrogens is 246 g/mol. The zero-order chi connectivity index (χ0) is 13.5. The second kappa shape index (κ2) is 7.46. The molecule has 0 aromatic heterocycles. The van der Waals surface area contributed by atoms with Crippen molar-refractivity contribution in [2.24, 2.45) is 4.99 Å². The highest BCUT2D eigenvalue weighted by Gasteiger charge is 2.18. The average molecular weight is 269 g/mol. The molecule has 0 N–H and O–H groups in total. The van der Waals surface area contributed by atoms with Crippen LogP contribution in [-0.4, -0.2) is 55.0 Å². The largest absolute Gasteiger partial charge is 0.356 e. The van der Waals surface area contributed by atoms with Crippen LogP contribution in [0.3, 0.4) is 0 Å². The van der Waals surface area contributed by atoms with Gasteiger partial charge in [-0.25, -0.2) is 4.99 Å². The van der Waals surface area contributed by atoms with Crippen LogP contribution in [-0.2, 0) is 4.79 Å². The fraction of sp³-hybridized carbons (Fsp3) is 0.692. The van der Waals surface area contributed by atoms with Crippen molar-refractivity contribution in [3.05, 3.63) is 10.6 Å². The molecule has 0 radical (unpaired) electrons. The molecule has 0 aromatic rings. The van der Waals surface area contributed by atoms with Gasteiger partial charge in [0.15, 0.2) is 0 Å². The van der Waals surface area contributed by atoms with Gasteiger partial charge in [0, 0.05) is 30.7 Å². The van der Waals surface area contributed by atoms with Crippen molar-refractivity contribution in [3.8, 4) is 0 Å². The predicted molar refractivity (Wildman–Crippen MR) is 78.8 cm³/mol. The first-order valence-corrected chi connectivity index (χ1v) is 7.50. The van der Waals surface area contributed by atoms with E-state index in [1.165, 1.54) is 4.91 Å². The average Bonchev–Trinajstić information content (AvgIpc) is 2.88. The lowest BCUT2D eigenvalue weighted by molar-refractivity contribution is -0.130. The van der Waals surface area contributed by atoms with Crippen LogP contribution in [0, 0.1) is 0 Å². The number of nitrogens with zero attached hydrogens (tertiary/aromatic N) is 3. The van der Waals surface area contributed by atoms with Gasteiger partial charge in [0.25, 0.3) is 0 Å². The van der Waals surface area contributed by atoms with Gasteiger partial charge in [-0.15, -0.1) is 11.8 Å². The number of likely N-dealkylation sites (tertiary alicyclic amines) is 1. The number of thioether (sulfide) groups is 1. The summed E-state index contributed by atoms with van der Waals surface area (Å²) in [6, 6.07) is 0. The molecule has 0 aromatic carbocycles. The summed E-state index contributed by atoms with van der Waals surface area (Å²) in [5.74, 6) is 0.199. The summed E-state index contributed by atoms with van der Waals surface area (Å²) in [7, 11) is 1.89. The fourth-order valence-electron chi connectivity index (χ4n) is 1.74. The third-order valence-corrected chi connectivity index (χ3v) is 4.02. The number of amides is 1. The van der Waals surface area contributed by atoms with Crippen molar-refractivity contribution in [1.29, 1.82) is 0 Å². The van der Waals surface area contributed by atoms with E-state index in [1.54, 1.807) is 18.1 Å². The number of hydrogen-bond donors (Lipinski definition) is 0. The molecule has 1 aliphatic rings. The molecular formula is C13H23N3OS. The smallest absolute Gasteiger partial charge is 0.242 e. The molecule has 102 valence electrons. The molecule has 0 aliphatic carbocycles. The highest BCUT2D eigenvalue weighted by molar-refractivity contribution is 8.02. The zero-order valence-electron chi connectivity index (χ0n) is 11.8. The molecule has 4 nitrogen and oxygen atoms in total. The third-order valence-electron chi connectivity index (χ3n) is 3.11. The Morgan fingerprint density at radius 1 is 1.39 bits per heavy atom. The molecule has 1 heterocycles. The second-order valence-corrected chi connectivity index (χ2v) is 5.61. The lowest BCUT2D eigenvalue weighted by Crippen LogP contribution is -2.36. The van der Waals surface area contributed by atoms with E-state index < -0.39 is 0 Å². The molecule has 1 amide bonds. The van der Waals surface area contributed by atoms with Crippen LogP contribution in [0.2, 0.25) is 0 Å². The minimum atomic E-state index is 0.199. The molecule has 1 aliphatic heterocycles. The Bertz CT molecular complexity index is 346. The molecule has 0 unspecified atom stereocenters. The molecule has 1 rings (SSSR count). The van der Waals surface area contributed by atoms with Gasteiger partial charge in [-0.1, -0.05) is 0 Å². The van der Waals surface area contributed by atoms with Crippen molar-refractivity contribution in [2.45, 2.75) is 26.7 Å². The van der Waals surface area contributed by atoms with Gasteiger partial charge in [-0.05, 0) is 32.9 Å². The van der Waals surface area contributed by atoms with Crippen LogP contribution in [0.15, 0.2) is 15.6 Å². The van der Waals surface area contributed by atoms with Gasteiger partial charge < -0.3 is 9.80 Å². The minimum absolute atomic E-state index is 0.199. The van der Waals surface area contributed by atoms with Crippen LogP contribution in [0.1, 0.15) is 26.7 Å². The summed E-state index contributed by atoms with van der Waals surface area (Å²) < 4.78 is 0. The van der Waals surface area contributed by atoms with Crippen molar-refractivity contribution >= 4 is 24.0 Å². The molecule has 0 atom stereocenters. The normalized spacial score (nSPS) is 17.2. The standard InChI is InChI=1S/C13H23N3OS/c1-11(12(2)18-4)14-10-15(3)9-13(17)16-7-5-6-8-16/h10H,5-9H2,1-4H3/b12-11+,14-10?. The Kier molecular flexibility index (Phi) is 6.25. The van der Waals surface area contributed by atoms with E-state index in [9.17, 15) is 4.79 Å². The van der Waals surface area contributed by atoms with Crippen LogP contribution >= 0.6 is 11.8 Å². The quantitative estimate of drug-likeness (QED) is 0.567. The van der Waals surface area contributed by atoms with Gasteiger partial charge in [-0.3, -0.25) is 4.79 Å². The van der Waals surface area contributed by atoms with E-state index >= 15 is 0 Å². The number of aliphatic imine (C=N–C) groups is 1. The van der Waals surface area contributed by atoms with E-state index in [-0.39, 0.29) is 5.91 Å². The van der Waals surface area contributed by atoms with Crippen molar-refractivity contribution < 1.29 is 4.79 Å². The van der Waals surface area contributed by atoms with Crippen molar-refractivity contribution in [3.63, 3.8) is 0 Å². The minimum Gasteiger partial charge on any atom is -0.356 e. The Hall–Kier alpha value is -0.970. The predicted octanol–water partition coefficient (Wildman–Crippen LogP) is 2.18.